The van der Waals surface area contributed by atoms with Gasteiger partial charge in [0.05, 0.1) is 26.4 Å². The molecular formula is C53H58F6O10. The van der Waals surface area contributed by atoms with E-state index in [9.17, 15) is 45.5 Å². The van der Waals surface area contributed by atoms with Gasteiger partial charge in [0.25, 0.3) is 0 Å². The summed E-state index contributed by atoms with van der Waals surface area (Å²) in [5.74, 6) is -1.55. The van der Waals surface area contributed by atoms with E-state index >= 15 is 0 Å². The molecular weight excluding hydrogens is 911 g/mol. The van der Waals surface area contributed by atoms with Gasteiger partial charge in [-0.25, -0.2) is 9.59 Å². The molecule has 0 saturated carbocycles. The van der Waals surface area contributed by atoms with Crippen LogP contribution in [0.5, 0.6) is 23.0 Å². The highest BCUT2D eigenvalue weighted by Crippen LogP contribution is 2.56. The summed E-state index contributed by atoms with van der Waals surface area (Å²) in [6.07, 6.45) is -4.95. The van der Waals surface area contributed by atoms with Crippen LogP contribution in [0.15, 0.2) is 121 Å². The third kappa shape index (κ3) is 17.5. The zero-order chi connectivity index (χ0) is 50.5. The molecule has 4 aromatic carbocycles. The number of carbonyl (C=O) groups is 4. The molecule has 10 nitrogen and oxygen atoms in total. The van der Waals surface area contributed by atoms with E-state index in [-0.39, 0.29) is 37.2 Å². The second-order valence-electron chi connectivity index (χ2n) is 16.4. The number of esters is 4. The second kappa shape index (κ2) is 26.8. The molecule has 372 valence electrons. The van der Waals surface area contributed by atoms with E-state index in [4.69, 9.17) is 28.4 Å². The molecule has 4 aromatic rings. The number of halogens is 6. The third-order valence-electron chi connectivity index (χ3n) is 10.7. The summed E-state index contributed by atoms with van der Waals surface area (Å²) in [5, 5.41) is 0. The van der Waals surface area contributed by atoms with Crippen LogP contribution in [-0.4, -0.2) is 62.7 Å². The van der Waals surface area contributed by atoms with Gasteiger partial charge in [0.15, 0.2) is 0 Å². The Hall–Kier alpha value is -6.58. The van der Waals surface area contributed by atoms with Crippen LogP contribution in [0, 0.1) is 0 Å². The van der Waals surface area contributed by atoms with E-state index in [1.807, 2.05) is 0 Å². The summed E-state index contributed by atoms with van der Waals surface area (Å²) < 4.78 is 121. The molecule has 0 radical (unpaired) electrons. The molecule has 0 aromatic heterocycles. The Morgan fingerprint density at radius 2 is 0.739 bits per heavy atom. The molecule has 0 bridgehead atoms. The fourth-order valence-electron chi connectivity index (χ4n) is 6.96. The highest BCUT2D eigenvalue weighted by molar-refractivity contribution is 5.87. The van der Waals surface area contributed by atoms with Crippen LogP contribution in [-0.2, 0) is 46.9 Å². The Morgan fingerprint density at radius 1 is 0.435 bits per heavy atom. The van der Waals surface area contributed by atoms with Crippen molar-refractivity contribution in [3.63, 3.8) is 0 Å². The molecule has 0 fully saturated rings. The first-order chi connectivity index (χ1) is 32.8. The molecule has 0 heterocycles. The Kier molecular flexibility index (Phi) is 21.4. The van der Waals surface area contributed by atoms with Crippen molar-refractivity contribution < 1.29 is 73.9 Å². The smallest absolute Gasteiger partial charge is 0.411 e. The topological polar surface area (TPSA) is 124 Å². The normalized spacial score (nSPS) is 11.6. The minimum Gasteiger partial charge on any atom is -0.494 e. The van der Waals surface area contributed by atoms with Crippen LogP contribution < -0.4 is 18.9 Å². The number of ether oxygens (including phenoxy) is 6. The summed E-state index contributed by atoms with van der Waals surface area (Å²) in [6, 6.07) is 20.0. The van der Waals surface area contributed by atoms with E-state index < -0.39 is 52.8 Å². The number of carbonyl (C=O) groups excluding carboxylic acids is 4. The van der Waals surface area contributed by atoms with E-state index in [0.29, 0.717) is 73.3 Å². The van der Waals surface area contributed by atoms with E-state index in [2.05, 4.69) is 13.2 Å². The maximum Gasteiger partial charge on any atom is 0.411 e. The van der Waals surface area contributed by atoms with E-state index in [0.717, 1.165) is 86.8 Å². The van der Waals surface area contributed by atoms with Crippen LogP contribution in [0.4, 0.5) is 26.3 Å². The molecule has 0 N–H and O–H groups in total. The summed E-state index contributed by atoms with van der Waals surface area (Å²) in [4.78, 5) is 48.1. The molecule has 4 rings (SSSR count). The fourth-order valence-corrected chi connectivity index (χ4v) is 6.96. The van der Waals surface area contributed by atoms with Crippen molar-refractivity contribution in [2.45, 2.75) is 109 Å². The largest absolute Gasteiger partial charge is 0.494 e. The SMILES string of the molecule is C=C(C)C(=O)OCCCCCCOc1ccc(CCC(=O)Oc2ccc(C(c3ccc(OC(=O)CCc4ccc(OCCCCCCOC(=O)C(=C)C)cc4)cc3)(C(F)(F)F)C(F)(F)F)cc2)cc1. The maximum atomic E-state index is 14.8. The first-order valence-electron chi connectivity index (χ1n) is 22.6. The quantitative estimate of drug-likeness (QED) is 0.0179. The molecule has 0 saturated heterocycles. The molecule has 69 heavy (non-hydrogen) atoms. The van der Waals surface area contributed by atoms with Crippen LogP contribution in [0.25, 0.3) is 0 Å². The number of alkyl halides is 6. The average Bonchev–Trinajstić information content (AvgIpc) is 3.30. The Morgan fingerprint density at radius 3 is 1.04 bits per heavy atom. The van der Waals surface area contributed by atoms with E-state index in [1.54, 1.807) is 62.4 Å². The molecule has 0 aliphatic heterocycles. The van der Waals surface area contributed by atoms with Gasteiger partial charge in [-0.15, -0.1) is 0 Å². The van der Waals surface area contributed by atoms with Crippen LogP contribution >= 0.6 is 0 Å². The first kappa shape index (κ1) is 55.0. The van der Waals surface area contributed by atoms with Crippen molar-refractivity contribution in [3.8, 4) is 23.0 Å². The highest BCUT2D eigenvalue weighted by atomic mass is 19.4. The summed E-state index contributed by atoms with van der Waals surface area (Å²) in [7, 11) is 0. The minimum absolute atomic E-state index is 0.124. The third-order valence-corrected chi connectivity index (χ3v) is 10.7. The van der Waals surface area contributed by atoms with Crippen molar-refractivity contribution in [3.05, 3.63) is 144 Å². The number of hydrogen-bond acceptors (Lipinski definition) is 10. The summed E-state index contributed by atoms with van der Waals surface area (Å²) in [6.45, 7) is 11.9. The highest BCUT2D eigenvalue weighted by Gasteiger charge is 2.72. The van der Waals surface area contributed by atoms with Crippen molar-refractivity contribution in [1.29, 1.82) is 0 Å². The van der Waals surface area contributed by atoms with Gasteiger partial charge in [-0.3, -0.25) is 9.59 Å². The molecule has 0 atom stereocenters. The molecule has 0 aliphatic carbocycles. The average molecular weight is 969 g/mol. The van der Waals surface area contributed by atoms with Crippen molar-refractivity contribution >= 4 is 23.9 Å². The lowest BCUT2D eigenvalue weighted by Gasteiger charge is -2.38. The number of benzene rings is 4. The monoisotopic (exact) mass is 968 g/mol. The van der Waals surface area contributed by atoms with Gasteiger partial charge in [0.1, 0.15) is 23.0 Å². The Balaban J connectivity index is 1.24. The van der Waals surface area contributed by atoms with Crippen LogP contribution in [0.1, 0.15) is 100 Å². The van der Waals surface area contributed by atoms with Crippen LogP contribution in [0.2, 0.25) is 0 Å². The molecule has 0 unspecified atom stereocenters. The number of aryl methyl sites for hydroxylation is 2. The van der Waals surface area contributed by atoms with Gasteiger partial charge < -0.3 is 28.4 Å². The zero-order valence-electron chi connectivity index (χ0n) is 38.8. The van der Waals surface area contributed by atoms with Crippen molar-refractivity contribution in [1.82, 2.24) is 0 Å². The van der Waals surface area contributed by atoms with Crippen molar-refractivity contribution in [2.24, 2.45) is 0 Å². The molecule has 0 aliphatic rings. The maximum absolute atomic E-state index is 14.8. The lowest BCUT2D eigenvalue weighted by atomic mass is 9.73. The zero-order valence-corrected chi connectivity index (χ0v) is 38.8. The van der Waals surface area contributed by atoms with Crippen LogP contribution in [0.3, 0.4) is 0 Å². The first-order valence-corrected chi connectivity index (χ1v) is 22.6. The Labute approximate surface area is 398 Å². The van der Waals surface area contributed by atoms with Gasteiger partial charge in [-0.05, 0) is 149 Å². The molecule has 0 spiro atoms. The Bertz CT molecular complexity index is 2120. The lowest BCUT2D eigenvalue weighted by molar-refractivity contribution is -0.288. The van der Waals surface area contributed by atoms with Gasteiger partial charge in [-0.2, -0.15) is 26.3 Å². The second-order valence-corrected chi connectivity index (χ2v) is 16.4. The summed E-state index contributed by atoms with van der Waals surface area (Å²) in [5.41, 5.74) is -4.56. The predicted molar refractivity (Wildman–Crippen MR) is 246 cm³/mol. The standard InChI is InChI=1S/C53H58F6O10/c1-37(2)49(62)66-35-11-7-5-9-33-64-43-23-13-39(14-24-43)17-31-47(60)68-45-27-19-41(20-28-45)51(52(54,55)56,53(57,58)59)42-21-29-46(30-22-42)69-48(61)32-18-40-15-25-44(26-16-40)65-34-10-6-8-12-36-67-50(63)38(3)4/h13-16,19-30H,1,3,5-12,17-18,31-36H2,2,4H3. The van der Waals surface area contributed by atoms with Gasteiger partial charge in [0, 0.05) is 24.0 Å². The predicted octanol–water partition coefficient (Wildman–Crippen LogP) is 12.3. The number of rotatable bonds is 28. The minimum atomic E-state index is -5.88. The fraction of sp³-hybridized carbons (Fsp3) is 0.396. The lowest BCUT2D eigenvalue weighted by Crippen LogP contribution is -2.54. The number of unbranched alkanes of at least 4 members (excludes halogenated alkanes) is 6. The van der Waals surface area contributed by atoms with Gasteiger partial charge >= 0.3 is 36.2 Å². The van der Waals surface area contributed by atoms with Crippen molar-refractivity contribution in [2.75, 3.05) is 26.4 Å². The van der Waals surface area contributed by atoms with Gasteiger partial charge in [-0.1, -0.05) is 61.7 Å². The number of hydrogen-bond donors (Lipinski definition) is 0. The molecule has 16 heteroatoms. The van der Waals surface area contributed by atoms with Gasteiger partial charge in [0.2, 0.25) is 5.41 Å². The van der Waals surface area contributed by atoms with E-state index in [1.165, 1.54) is 0 Å². The molecule has 0 amide bonds. The summed E-state index contributed by atoms with van der Waals surface area (Å²) >= 11 is 0.